The average molecular weight is 267 g/mol. The molecule has 19 heavy (non-hydrogen) atoms. The Bertz CT molecular complexity index is 473. The van der Waals surface area contributed by atoms with Gasteiger partial charge in [0.05, 0.1) is 12.2 Å². The van der Waals surface area contributed by atoms with Crippen molar-refractivity contribution >= 4 is 17.8 Å². The lowest BCUT2D eigenvalue weighted by atomic mass is 10.3. The van der Waals surface area contributed by atoms with Gasteiger partial charge in [-0.15, -0.1) is 0 Å². The molecule has 4 N–H and O–H groups in total. The number of urea groups is 1. The van der Waals surface area contributed by atoms with E-state index in [9.17, 15) is 9.59 Å². The molecule has 8 nitrogen and oxygen atoms in total. The molecule has 1 aliphatic heterocycles. The molecule has 3 amide bonds. The van der Waals surface area contributed by atoms with Crippen LogP contribution in [0.2, 0.25) is 0 Å². The van der Waals surface area contributed by atoms with Crippen LogP contribution in [0.25, 0.3) is 0 Å². The smallest absolute Gasteiger partial charge is 0.312 e. The third kappa shape index (κ3) is 3.95. The fourth-order valence-electron chi connectivity index (χ4n) is 2.10. The molecule has 1 atom stereocenters. The number of aromatic nitrogens is 1. The fraction of sp³-hybridized carbons (Fsp3) is 0.545. The zero-order valence-corrected chi connectivity index (χ0v) is 10.7. The number of nitrogens with one attached hydrogen (secondary N) is 2. The summed E-state index contributed by atoms with van der Waals surface area (Å²) in [5.74, 6) is 0.171. The van der Waals surface area contributed by atoms with E-state index in [-0.39, 0.29) is 18.5 Å². The monoisotopic (exact) mass is 267 g/mol. The first-order valence-corrected chi connectivity index (χ1v) is 6.04. The van der Waals surface area contributed by atoms with Gasteiger partial charge in [-0.25, -0.2) is 4.79 Å². The molecule has 104 valence electrons. The number of anilines is 1. The number of hydrogen-bond acceptors (Lipinski definition) is 5. The third-order valence-corrected chi connectivity index (χ3v) is 2.88. The summed E-state index contributed by atoms with van der Waals surface area (Å²) in [6.07, 6.45) is 0.789. The Hall–Kier alpha value is -2.09. The van der Waals surface area contributed by atoms with Gasteiger partial charge < -0.3 is 15.6 Å². The van der Waals surface area contributed by atoms with Crippen LogP contribution in [0.4, 0.5) is 10.7 Å². The molecule has 0 aliphatic carbocycles. The number of nitrogens with zero attached hydrogens (tertiary/aromatic N) is 2. The lowest BCUT2D eigenvalue weighted by Gasteiger charge is -2.15. The predicted octanol–water partition coefficient (Wildman–Crippen LogP) is -0.336. The van der Waals surface area contributed by atoms with E-state index in [2.05, 4.69) is 15.8 Å². The first-order chi connectivity index (χ1) is 9.02. The molecule has 1 saturated heterocycles. The Morgan fingerprint density at radius 2 is 2.42 bits per heavy atom. The topological polar surface area (TPSA) is 113 Å². The minimum absolute atomic E-state index is 0.0119. The summed E-state index contributed by atoms with van der Waals surface area (Å²) < 4.78 is 4.90. The molecule has 2 heterocycles. The lowest BCUT2D eigenvalue weighted by Crippen LogP contribution is -2.41. The molecule has 0 bridgehead atoms. The third-order valence-electron chi connectivity index (χ3n) is 2.88. The number of primary amides is 1. The van der Waals surface area contributed by atoms with Gasteiger partial charge in [-0.05, 0) is 13.3 Å². The van der Waals surface area contributed by atoms with Crippen LogP contribution in [0.3, 0.4) is 0 Å². The second-order valence-corrected chi connectivity index (χ2v) is 4.61. The molecule has 1 fully saturated rings. The highest BCUT2D eigenvalue weighted by molar-refractivity contribution is 5.91. The van der Waals surface area contributed by atoms with E-state index >= 15 is 0 Å². The summed E-state index contributed by atoms with van der Waals surface area (Å²) >= 11 is 0. The van der Waals surface area contributed by atoms with E-state index in [0.29, 0.717) is 18.1 Å². The zero-order chi connectivity index (χ0) is 13.8. The molecule has 1 aliphatic rings. The summed E-state index contributed by atoms with van der Waals surface area (Å²) in [5.41, 5.74) is 5.77. The van der Waals surface area contributed by atoms with Crippen molar-refractivity contribution in [1.29, 1.82) is 0 Å². The van der Waals surface area contributed by atoms with Crippen LogP contribution in [0.5, 0.6) is 0 Å². The van der Waals surface area contributed by atoms with Crippen LogP contribution in [0.1, 0.15) is 12.1 Å². The van der Waals surface area contributed by atoms with Crippen molar-refractivity contribution in [3.05, 3.63) is 11.8 Å². The molecule has 0 saturated carbocycles. The summed E-state index contributed by atoms with van der Waals surface area (Å²) in [5, 5.41) is 8.94. The van der Waals surface area contributed by atoms with Crippen LogP contribution in [0, 0.1) is 6.92 Å². The van der Waals surface area contributed by atoms with Gasteiger partial charge in [0.1, 0.15) is 0 Å². The molecule has 0 radical (unpaired) electrons. The predicted molar refractivity (Wildman–Crippen MR) is 67.4 cm³/mol. The fourth-order valence-corrected chi connectivity index (χ4v) is 2.10. The van der Waals surface area contributed by atoms with E-state index in [1.807, 2.05) is 4.90 Å². The molecule has 2 rings (SSSR count). The summed E-state index contributed by atoms with van der Waals surface area (Å²) in [4.78, 5) is 24.4. The van der Waals surface area contributed by atoms with Crippen LogP contribution in [-0.4, -0.2) is 47.7 Å². The Morgan fingerprint density at radius 3 is 3.05 bits per heavy atom. The van der Waals surface area contributed by atoms with Gasteiger partial charge >= 0.3 is 6.03 Å². The van der Waals surface area contributed by atoms with E-state index in [0.717, 1.165) is 13.0 Å². The van der Waals surface area contributed by atoms with Crippen LogP contribution >= 0.6 is 0 Å². The van der Waals surface area contributed by atoms with Crippen molar-refractivity contribution in [2.75, 3.05) is 25.0 Å². The minimum atomic E-state index is -0.534. The van der Waals surface area contributed by atoms with Gasteiger partial charge in [0.15, 0.2) is 0 Å². The van der Waals surface area contributed by atoms with Crippen molar-refractivity contribution in [2.45, 2.75) is 19.4 Å². The summed E-state index contributed by atoms with van der Waals surface area (Å²) in [6, 6.07) is 1.13. The van der Waals surface area contributed by atoms with Crippen molar-refractivity contribution in [3.8, 4) is 0 Å². The molecular formula is C11H17N5O3. The number of aryl methyl sites for hydroxylation is 1. The lowest BCUT2D eigenvalue weighted by molar-refractivity contribution is -0.117. The highest BCUT2D eigenvalue weighted by Gasteiger charge is 2.24. The normalized spacial score (nSPS) is 19.3. The number of likely N-dealkylation sites (tertiary alicyclic amines) is 1. The van der Waals surface area contributed by atoms with Gasteiger partial charge in [0.25, 0.3) is 0 Å². The van der Waals surface area contributed by atoms with Crippen LogP contribution in [0.15, 0.2) is 10.6 Å². The SMILES string of the molecule is Cc1cc(NC(=O)CN2CCC(NC(N)=O)C2)on1. The number of nitrogens with two attached hydrogens (primary N) is 1. The molecule has 1 aromatic rings. The average Bonchev–Trinajstić information content (AvgIpc) is 2.88. The van der Waals surface area contributed by atoms with Gasteiger partial charge in [-0.1, -0.05) is 5.16 Å². The van der Waals surface area contributed by atoms with Crippen molar-refractivity contribution in [2.24, 2.45) is 5.73 Å². The molecule has 8 heteroatoms. The molecule has 1 unspecified atom stereocenters. The Morgan fingerprint density at radius 1 is 1.63 bits per heavy atom. The van der Waals surface area contributed by atoms with E-state index in [1.165, 1.54) is 0 Å². The number of amides is 3. The largest absolute Gasteiger partial charge is 0.352 e. The van der Waals surface area contributed by atoms with Crippen LogP contribution in [-0.2, 0) is 4.79 Å². The van der Waals surface area contributed by atoms with Gasteiger partial charge in [-0.2, -0.15) is 0 Å². The number of carbonyl (C=O) groups is 2. The first-order valence-electron chi connectivity index (χ1n) is 6.04. The molecular weight excluding hydrogens is 250 g/mol. The van der Waals surface area contributed by atoms with Crippen LogP contribution < -0.4 is 16.4 Å². The Balaban J connectivity index is 1.76. The highest BCUT2D eigenvalue weighted by atomic mass is 16.5. The molecule has 0 spiro atoms. The zero-order valence-electron chi connectivity index (χ0n) is 10.7. The second kappa shape index (κ2) is 5.70. The van der Waals surface area contributed by atoms with Crippen molar-refractivity contribution < 1.29 is 14.1 Å². The van der Waals surface area contributed by atoms with Crippen molar-refractivity contribution in [3.63, 3.8) is 0 Å². The Kier molecular flexibility index (Phi) is 4.00. The quantitative estimate of drug-likeness (QED) is 0.691. The Labute approximate surface area is 110 Å². The maximum atomic E-state index is 11.8. The second-order valence-electron chi connectivity index (χ2n) is 4.61. The molecule has 0 aromatic carbocycles. The van der Waals surface area contributed by atoms with E-state index in [1.54, 1.807) is 13.0 Å². The molecule has 1 aromatic heterocycles. The minimum Gasteiger partial charge on any atom is -0.352 e. The number of carbonyl (C=O) groups excluding carboxylic acids is 2. The standard InChI is InChI=1S/C11H17N5O3/c1-7-4-10(19-15-7)14-9(17)6-16-3-2-8(5-16)13-11(12)18/h4,8H,2-3,5-6H2,1H3,(H,14,17)(H3,12,13,18). The van der Waals surface area contributed by atoms with Gasteiger partial charge in [0, 0.05) is 25.2 Å². The van der Waals surface area contributed by atoms with Gasteiger partial charge in [0.2, 0.25) is 11.8 Å². The summed E-state index contributed by atoms with van der Waals surface area (Å²) in [7, 11) is 0. The van der Waals surface area contributed by atoms with Gasteiger partial charge in [-0.3, -0.25) is 15.0 Å². The highest BCUT2D eigenvalue weighted by Crippen LogP contribution is 2.11. The first kappa shape index (κ1) is 13.3. The maximum Gasteiger partial charge on any atom is 0.312 e. The van der Waals surface area contributed by atoms with E-state index < -0.39 is 6.03 Å². The maximum absolute atomic E-state index is 11.8. The van der Waals surface area contributed by atoms with Crippen molar-refractivity contribution in [1.82, 2.24) is 15.4 Å². The van der Waals surface area contributed by atoms with E-state index in [4.69, 9.17) is 10.3 Å². The number of hydrogen-bond donors (Lipinski definition) is 3. The number of rotatable bonds is 4. The summed E-state index contributed by atoms with van der Waals surface area (Å²) in [6.45, 7) is 3.38.